The zero-order valence-electron chi connectivity index (χ0n) is 27.0. The number of amides is 2. The third-order valence-electron chi connectivity index (χ3n) is 7.66. The number of benzene rings is 2. The summed E-state index contributed by atoms with van der Waals surface area (Å²) in [6.45, 7) is 5.31. The van der Waals surface area contributed by atoms with Crippen LogP contribution in [-0.4, -0.2) is 49.4 Å². The average molecular weight is 709 g/mol. The molecule has 1 saturated heterocycles. The number of piperidine rings is 1. The van der Waals surface area contributed by atoms with Gasteiger partial charge < -0.3 is 14.1 Å². The van der Waals surface area contributed by atoms with E-state index in [1.807, 2.05) is 0 Å². The predicted octanol–water partition coefficient (Wildman–Crippen LogP) is 7.94. The molecule has 3 heterocycles. The van der Waals surface area contributed by atoms with Crippen LogP contribution in [0.5, 0.6) is 0 Å². The molecule has 0 N–H and O–H groups in total. The summed E-state index contributed by atoms with van der Waals surface area (Å²) in [5.74, 6) is -1.93. The molecule has 0 saturated carbocycles. The van der Waals surface area contributed by atoms with Crippen LogP contribution >= 0.6 is 0 Å². The van der Waals surface area contributed by atoms with Gasteiger partial charge in [-0.15, -0.1) is 15.3 Å². The van der Waals surface area contributed by atoms with Gasteiger partial charge >= 0.3 is 18.4 Å². The van der Waals surface area contributed by atoms with E-state index in [0.29, 0.717) is 30.8 Å². The van der Waals surface area contributed by atoms with Gasteiger partial charge in [0.1, 0.15) is 23.7 Å². The fourth-order valence-corrected chi connectivity index (χ4v) is 5.34. The Morgan fingerprint density at radius 1 is 0.900 bits per heavy atom. The van der Waals surface area contributed by atoms with E-state index in [-0.39, 0.29) is 35.3 Å². The molecule has 1 fully saturated rings. The molecule has 4 aromatic rings. The Morgan fingerprint density at radius 2 is 1.62 bits per heavy atom. The summed E-state index contributed by atoms with van der Waals surface area (Å²) in [5, 5.41) is 16.3. The zero-order valence-corrected chi connectivity index (χ0v) is 27.0. The number of hydrogen-bond donors (Lipinski definition) is 0. The van der Waals surface area contributed by atoms with Crippen LogP contribution in [0.2, 0.25) is 0 Å². The number of aromatic nitrogens is 4. The fourth-order valence-electron chi connectivity index (χ4n) is 5.34. The molecule has 266 valence electrons. The van der Waals surface area contributed by atoms with Crippen molar-refractivity contribution in [1.29, 1.82) is 0 Å². The second-order valence-corrected chi connectivity index (χ2v) is 12.5. The minimum Gasteiger partial charge on any atom is -0.444 e. The van der Waals surface area contributed by atoms with Gasteiger partial charge in [-0.25, -0.2) is 9.18 Å². The van der Waals surface area contributed by atoms with Crippen molar-refractivity contribution >= 4 is 17.7 Å². The van der Waals surface area contributed by atoms with Gasteiger partial charge in [0.05, 0.1) is 29.3 Å². The van der Waals surface area contributed by atoms with Crippen molar-refractivity contribution in [3.63, 3.8) is 0 Å². The number of ether oxygens (including phenoxy) is 1. The third kappa shape index (κ3) is 8.73. The Hall–Kier alpha value is -5.09. The zero-order chi connectivity index (χ0) is 36.4. The molecule has 1 atom stereocenters. The van der Waals surface area contributed by atoms with Gasteiger partial charge in [0, 0.05) is 12.2 Å². The van der Waals surface area contributed by atoms with Gasteiger partial charge in [-0.2, -0.15) is 31.4 Å². The molecule has 5 rings (SSSR count). The highest BCUT2D eigenvalue weighted by Crippen LogP contribution is 2.38. The Morgan fingerprint density at radius 3 is 2.24 bits per heavy atom. The van der Waals surface area contributed by atoms with Crippen LogP contribution in [0.1, 0.15) is 74.4 Å². The van der Waals surface area contributed by atoms with E-state index in [2.05, 4.69) is 20.4 Å². The highest BCUT2D eigenvalue weighted by molar-refractivity contribution is 5.94. The fraction of sp³-hybridized carbons (Fsp3) is 0.394. The first-order chi connectivity index (χ1) is 23.4. The summed E-state index contributed by atoms with van der Waals surface area (Å²) in [4.78, 5) is 28.9. The lowest BCUT2D eigenvalue weighted by atomic mass is 9.99. The molecule has 0 bridgehead atoms. The summed E-state index contributed by atoms with van der Waals surface area (Å²) >= 11 is 0. The molecule has 2 aromatic carbocycles. The third-order valence-corrected chi connectivity index (χ3v) is 7.66. The van der Waals surface area contributed by atoms with E-state index in [0.717, 1.165) is 29.9 Å². The number of anilines is 1. The van der Waals surface area contributed by atoms with Crippen molar-refractivity contribution in [3.05, 3.63) is 88.7 Å². The van der Waals surface area contributed by atoms with Gasteiger partial charge in [-0.3, -0.25) is 9.69 Å². The van der Waals surface area contributed by atoms with Crippen LogP contribution < -0.4 is 4.90 Å². The normalized spacial score (nSPS) is 15.6. The largest absolute Gasteiger partial charge is 0.444 e. The maximum absolute atomic E-state index is 13.8. The number of carbonyl (C=O) groups is 2. The molecular formula is C33H31F7N6O4. The van der Waals surface area contributed by atoms with Crippen LogP contribution in [0.15, 0.2) is 59.0 Å². The minimum atomic E-state index is -5.19. The van der Waals surface area contributed by atoms with Crippen molar-refractivity contribution in [3.8, 4) is 11.6 Å². The van der Waals surface area contributed by atoms with Crippen molar-refractivity contribution < 1.29 is 49.5 Å². The smallest absolute Gasteiger partial charge is 0.416 e. The monoisotopic (exact) mass is 708 g/mol. The van der Waals surface area contributed by atoms with Crippen molar-refractivity contribution in [2.75, 3.05) is 11.4 Å². The molecule has 2 amide bonds. The van der Waals surface area contributed by atoms with Crippen LogP contribution in [0, 0.1) is 5.82 Å². The lowest BCUT2D eigenvalue weighted by Gasteiger charge is -2.36. The number of hydrogen-bond acceptors (Lipinski definition) is 8. The molecule has 1 unspecified atom stereocenters. The highest BCUT2D eigenvalue weighted by atomic mass is 19.4. The molecular weight excluding hydrogens is 677 g/mol. The van der Waals surface area contributed by atoms with Crippen LogP contribution in [0.3, 0.4) is 0 Å². The summed E-state index contributed by atoms with van der Waals surface area (Å²) < 4.78 is 106. The lowest BCUT2D eigenvalue weighted by Crippen LogP contribution is -2.42. The molecule has 0 radical (unpaired) electrons. The van der Waals surface area contributed by atoms with Gasteiger partial charge in [-0.05, 0) is 94.1 Å². The van der Waals surface area contributed by atoms with Gasteiger partial charge in [-0.1, -0.05) is 6.07 Å². The Balaban J connectivity index is 1.37. The summed E-state index contributed by atoms with van der Waals surface area (Å²) in [6, 6.07) is 8.24. The van der Waals surface area contributed by atoms with Crippen LogP contribution in [-0.2, 0) is 34.8 Å². The maximum Gasteiger partial charge on any atom is 0.416 e. The second kappa shape index (κ2) is 14.0. The SMILES string of the molecule is CC(C)(C)OC(=O)N1CCCCC1c1ccc(-c2nnc(CN(C(=O)Cc3ccc(C(F)(F)F)cc3C(F)(F)F)c3ccc(F)cc3)o2)nn1. The molecule has 10 nitrogen and oxygen atoms in total. The van der Waals surface area contributed by atoms with E-state index in [4.69, 9.17) is 9.15 Å². The number of halogens is 7. The average Bonchev–Trinajstić information content (AvgIpc) is 3.51. The van der Waals surface area contributed by atoms with Crippen molar-refractivity contribution in [1.82, 2.24) is 25.3 Å². The molecule has 2 aromatic heterocycles. The Labute approximate surface area is 281 Å². The predicted molar refractivity (Wildman–Crippen MR) is 163 cm³/mol. The van der Waals surface area contributed by atoms with E-state index < -0.39 is 65.4 Å². The van der Waals surface area contributed by atoms with Crippen LogP contribution in [0.25, 0.3) is 11.6 Å². The topological polar surface area (TPSA) is 115 Å². The Bertz CT molecular complexity index is 1820. The first kappa shape index (κ1) is 36.2. The van der Waals surface area contributed by atoms with E-state index in [1.165, 1.54) is 12.1 Å². The van der Waals surface area contributed by atoms with E-state index in [1.54, 1.807) is 37.8 Å². The molecule has 0 spiro atoms. The number of alkyl halides is 6. The lowest BCUT2D eigenvalue weighted by molar-refractivity contribution is -0.143. The standard InChI is InChI=1S/C33H31F7N6O4/c1-31(2,3)50-30(48)45-15-5-4-6-26(45)24-13-14-25(42-41-24)29-44-43-27(49-29)18-46(22-11-9-21(34)10-12-22)28(47)16-19-7-8-20(32(35,36)37)17-23(19)33(38,39)40/h7-14,17,26H,4-6,15-16,18H2,1-3H3. The number of rotatable bonds is 7. The first-order valence-corrected chi connectivity index (χ1v) is 15.4. The molecule has 1 aliphatic heterocycles. The van der Waals surface area contributed by atoms with Gasteiger partial charge in [0.25, 0.3) is 5.89 Å². The number of carbonyl (C=O) groups excluding carboxylic acids is 2. The highest BCUT2D eigenvalue weighted by Gasteiger charge is 2.39. The Kier molecular flexibility index (Phi) is 10.2. The van der Waals surface area contributed by atoms with Crippen LogP contribution in [0.4, 0.5) is 41.2 Å². The molecule has 17 heteroatoms. The van der Waals surface area contributed by atoms with Gasteiger partial charge in [0.15, 0.2) is 0 Å². The number of nitrogens with zero attached hydrogens (tertiary/aromatic N) is 6. The quantitative estimate of drug-likeness (QED) is 0.178. The summed E-state index contributed by atoms with van der Waals surface area (Å²) in [6.07, 6.45) is -9.36. The summed E-state index contributed by atoms with van der Waals surface area (Å²) in [5.41, 5.74) is -3.83. The minimum absolute atomic E-state index is 0.0442. The maximum atomic E-state index is 13.8. The second-order valence-electron chi connectivity index (χ2n) is 12.5. The molecule has 50 heavy (non-hydrogen) atoms. The van der Waals surface area contributed by atoms with Crippen molar-refractivity contribution in [2.45, 2.75) is 77.0 Å². The molecule has 1 aliphatic rings. The van der Waals surface area contributed by atoms with Crippen molar-refractivity contribution in [2.24, 2.45) is 0 Å². The molecule has 0 aliphatic carbocycles. The summed E-state index contributed by atoms with van der Waals surface area (Å²) in [7, 11) is 0. The van der Waals surface area contributed by atoms with Gasteiger partial charge in [0.2, 0.25) is 11.8 Å². The number of likely N-dealkylation sites (tertiary alicyclic amines) is 1. The van der Waals surface area contributed by atoms with E-state index >= 15 is 0 Å². The first-order valence-electron chi connectivity index (χ1n) is 15.4. The van der Waals surface area contributed by atoms with E-state index in [9.17, 15) is 40.3 Å².